The molecule has 0 bridgehead atoms. The van der Waals surface area contributed by atoms with Gasteiger partial charge in [-0.25, -0.2) is 0 Å². The summed E-state index contributed by atoms with van der Waals surface area (Å²) in [5.74, 6) is 0. The number of aryl methyl sites for hydroxylation is 3. The zero-order valence-electron chi connectivity index (χ0n) is 8.43. The van der Waals surface area contributed by atoms with Crippen molar-refractivity contribution in [2.24, 2.45) is 0 Å². The van der Waals surface area contributed by atoms with Gasteiger partial charge in [-0.2, -0.15) is 0 Å². The molecular formula is C12H14N2. The van der Waals surface area contributed by atoms with Gasteiger partial charge in [0.05, 0.1) is 11.0 Å². The van der Waals surface area contributed by atoms with Crippen LogP contribution < -0.4 is 0 Å². The number of nitrogens with one attached hydrogen (secondary N) is 1. The first-order valence-corrected chi connectivity index (χ1v) is 5.32. The zero-order valence-corrected chi connectivity index (χ0v) is 8.43. The highest BCUT2D eigenvalue weighted by atomic mass is 14.8. The Morgan fingerprint density at radius 2 is 2.07 bits per heavy atom. The van der Waals surface area contributed by atoms with E-state index in [-0.39, 0.29) is 0 Å². The number of H-pyrrole nitrogens is 1. The molecule has 2 heterocycles. The van der Waals surface area contributed by atoms with Crippen molar-refractivity contribution in [3.63, 3.8) is 0 Å². The normalized spacial score (nSPS) is 15.8. The van der Waals surface area contributed by atoms with Gasteiger partial charge < -0.3 is 4.98 Å². The van der Waals surface area contributed by atoms with E-state index in [9.17, 15) is 0 Å². The van der Waals surface area contributed by atoms with E-state index in [2.05, 4.69) is 29.0 Å². The average molecular weight is 186 g/mol. The molecule has 72 valence electrons. The largest absolute Gasteiger partial charge is 0.357 e. The van der Waals surface area contributed by atoms with Gasteiger partial charge in [0.25, 0.3) is 0 Å². The highest BCUT2D eigenvalue weighted by Gasteiger charge is 2.15. The van der Waals surface area contributed by atoms with Crippen LogP contribution in [-0.2, 0) is 12.8 Å². The van der Waals surface area contributed by atoms with E-state index in [0.717, 1.165) is 5.69 Å². The molecule has 0 saturated carbocycles. The third-order valence-corrected chi connectivity index (χ3v) is 3.07. The molecule has 1 N–H and O–H groups in total. The monoisotopic (exact) mass is 186 g/mol. The van der Waals surface area contributed by atoms with E-state index in [1.807, 2.05) is 0 Å². The molecule has 0 amide bonds. The Bertz CT molecular complexity index is 482. The smallest absolute Gasteiger partial charge is 0.0916 e. The van der Waals surface area contributed by atoms with Crippen LogP contribution in [0, 0.1) is 6.92 Å². The molecular weight excluding hydrogens is 172 g/mol. The van der Waals surface area contributed by atoms with E-state index >= 15 is 0 Å². The molecule has 0 unspecified atom stereocenters. The van der Waals surface area contributed by atoms with Gasteiger partial charge in [0.2, 0.25) is 0 Å². The number of fused-ring (bicyclic) bond motifs is 3. The highest BCUT2D eigenvalue weighted by Crippen LogP contribution is 2.27. The lowest BCUT2D eigenvalue weighted by atomic mass is 9.97. The van der Waals surface area contributed by atoms with Gasteiger partial charge in [0.15, 0.2) is 0 Å². The summed E-state index contributed by atoms with van der Waals surface area (Å²) in [7, 11) is 0. The summed E-state index contributed by atoms with van der Waals surface area (Å²) in [6.45, 7) is 2.06. The third-order valence-electron chi connectivity index (χ3n) is 3.07. The van der Waals surface area contributed by atoms with E-state index in [4.69, 9.17) is 0 Å². The first-order valence-electron chi connectivity index (χ1n) is 5.32. The second kappa shape index (κ2) is 2.84. The van der Waals surface area contributed by atoms with Gasteiger partial charge in [-0.05, 0) is 50.3 Å². The van der Waals surface area contributed by atoms with Crippen LogP contribution >= 0.6 is 0 Å². The Kier molecular flexibility index (Phi) is 1.63. The quantitative estimate of drug-likeness (QED) is 0.673. The molecule has 2 heteroatoms. The molecule has 0 atom stereocenters. The van der Waals surface area contributed by atoms with Crippen LogP contribution in [0.2, 0.25) is 0 Å². The first-order chi connectivity index (χ1) is 6.84. The number of hydrogen-bond donors (Lipinski definition) is 1. The topological polar surface area (TPSA) is 28.7 Å². The molecule has 0 radical (unpaired) electrons. The molecule has 14 heavy (non-hydrogen) atoms. The number of nitrogens with zero attached hydrogens (tertiary/aromatic N) is 1. The molecule has 2 aromatic heterocycles. The molecule has 2 aromatic rings. The Morgan fingerprint density at radius 1 is 1.21 bits per heavy atom. The summed E-state index contributed by atoms with van der Waals surface area (Å²) in [5.41, 5.74) is 6.42. The molecule has 1 aliphatic carbocycles. The fourth-order valence-electron chi connectivity index (χ4n) is 2.35. The van der Waals surface area contributed by atoms with Crippen molar-refractivity contribution in [1.29, 1.82) is 0 Å². The van der Waals surface area contributed by atoms with Crippen LogP contribution in [0.1, 0.15) is 29.8 Å². The summed E-state index contributed by atoms with van der Waals surface area (Å²) in [6, 6.07) is 4.22. The van der Waals surface area contributed by atoms with Crippen LogP contribution in [0.4, 0.5) is 0 Å². The lowest BCUT2D eigenvalue weighted by Gasteiger charge is -2.09. The molecule has 0 aromatic carbocycles. The Balaban J connectivity index is 2.32. The maximum Gasteiger partial charge on any atom is 0.0916 e. The minimum absolute atomic E-state index is 1.12. The number of rotatable bonds is 0. The van der Waals surface area contributed by atoms with Crippen LogP contribution in [0.3, 0.4) is 0 Å². The number of pyridine rings is 1. The molecule has 0 saturated heterocycles. The Hall–Kier alpha value is -1.31. The number of aromatic nitrogens is 2. The van der Waals surface area contributed by atoms with Gasteiger partial charge in [0.1, 0.15) is 0 Å². The predicted octanol–water partition coefficient (Wildman–Crippen LogP) is 2.75. The SMILES string of the molecule is Cc1ccc2[nH]c3c(c2n1)CCCC3. The maximum absolute atomic E-state index is 4.62. The maximum atomic E-state index is 4.62. The minimum atomic E-state index is 1.12. The van der Waals surface area contributed by atoms with Gasteiger partial charge in [-0.1, -0.05) is 0 Å². The lowest BCUT2D eigenvalue weighted by molar-refractivity contribution is 0.679. The van der Waals surface area contributed by atoms with E-state index in [1.54, 1.807) is 0 Å². The molecule has 1 aliphatic rings. The van der Waals surface area contributed by atoms with E-state index in [1.165, 1.54) is 48.0 Å². The third kappa shape index (κ3) is 1.07. The molecule has 0 spiro atoms. The van der Waals surface area contributed by atoms with E-state index < -0.39 is 0 Å². The number of hydrogen-bond acceptors (Lipinski definition) is 1. The molecule has 0 aliphatic heterocycles. The van der Waals surface area contributed by atoms with Gasteiger partial charge >= 0.3 is 0 Å². The second-order valence-electron chi connectivity index (χ2n) is 4.14. The summed E-state index contributed by atoms with van der Waals surface area (Å²) < 4.78 is 0. The van der Waals surface area contributed by atoms with Crippen LogP contribution in [0.5, 0.6) is 0 Å². The second-order valence-corrected chi connectivity index (χ2v) is 4.14. The average Bonchev–Trinajstić information content (AvgIpc) is 2.56. The molecule has 2 nitrogen and oxygen atoms in total. The lowest BCUT2D eigenvalue weighted by Crippen LogP contribution is -2.00. The Morgan fingerprint density at radius 3 is 3.00 bits per heavy atom. The van der Waals surface area contributed by atoms with Crippen LogP contribution in [0.15, 0.2) is 12.1 Å². The van der Waals surface area contributed by atoms with Crippen molar-refractivity contribution in [2.75, 3.05) is 0 Å². The van der Waals surface area contributed by atoms with Gasteiger partial charge in [-0.15, -0.1) is 0 Å². The standard InChI is InChI=1S/C12H14N2/c1-8-6-7-11-12(13-8)9-4-2-3-5-10(9)14-11/h6-7,14H,2-5H2,1H3. The summed E-state index contributed by atoms with van der Waals surface area (Å²) >= 11 is 0. The summed E-state index contributed by atoms with van der Waals surface area (Å²) in [5, 5.41) is 0. The van der Waals surface area contributed by atoms with Crippen molar-refractivity contribution in [3.8, 4) is 0 Å². The predicted molar refractivity (Wildman–Crippen MR) is 57.5 cm³/mol. The van der Waals surface area contributed by atoms with Crippen LogP contribution in [-0.4, -0.2) is 9.97 Å². The van der Waals surface area contributed by atoms with Crippen LogP contribution in [0.25, 0.3) is 11.0 Å². The fourth-order valence-corrected chi connectivity index (χ4v) is 2.35. The van der Waals surface area contributed by atoms with Crippen molar-refractivity contribution in [3.05, 3.63) is 29.1 Å². The fraction of sp³-hybridized carbons (Fsp3) is 0.417. The molecule has 3 rings (SSSR count). The van der Waals surface area contributed by atoms with E-state index in [0.29, 0.717) is 0 Å². The Labute approximate surface area is 83.4 Å². The van der Waals surface area contributed by atoms with Gasteiger partial charge in [-0.3, -0.25) is 4.98 Å². The van der Waals surface area contributed by atoms with Crippen molar-refractivity contribution >= 4 is 11.0 Å². The number of aromatic amines is 1. The first kappa shape index (κ1) is 8.04. The van der Waals surface area contributed by atoms with Crippen molar-refractivity contribution in [1.82, 2.24) is 9.97 Å². The summed E-state index contributed by atoms with van der Waals surface area (Å²) in [6.07, 6.45) is 5.03. The van der Waals surface area contributed by atoms with Crippen molar-refractivity contribution in [2.45, 2.75) is 32.6 Å². The van der Waals surface area contributed by atoms with Crippen molar-refractivity contribution < 1.29 is 0 Å². The molecule has 0 fully saturated rings. The minimum Gasteiger partial charge on any atom is -0.357 e. The summed E-state index contributed by atoms with van der Waals surface area (Å²) in [4.78, 5) is 8.10. The zero-order chi connectivity index (χ0) is 9.54. The van der Waals surface area contributed by atoms with Gasteiger partial charge in [0, 0.05) is 11.4 Å². The highest BCUT2D eigenvalue weighted by molar-refractivity contribution is 5.80.